The number of nitrogens with zero attached hydrogens (tertiary/aromatic N) is 2. The number of rotatable bonds is 8. The number of nitrogens with one attached hydrogen (secondary N) is 1. The van der Waals surface area contributed by atoms with Gasteiger partial charge in [0.1, 0.15) is 18.2 Å². The van der Waals surface area contributed by atoms with Crippen LogP contribution in [0, 0.1) is 0 Å². The van der Waals surface area contributed by atoms with Gasteiger partial charge in [0, 0.05) is 17.7 Å². The molecule has 0 atom stereocenters. The summed E-state index contributed by atoms with van der Waals surface area (Å²) in [4.78, 5) is 0. The molecule has 2 heterocycles. The van der Waals surface area contributed by atoms with Crippen LogP contribution in [0.15, 0.2) is 66.7 Å². The molecule has 1 aromatic heterocycles. The van der Waals surface area contributed by atoms with Gasteiger partial charge in [0.2, 0.25) is 5.75 Å². The molecule has 1 aliphatic rings. The highest BCUT2D eigenvalue weighted by Crippen LogP contribution is 2.43. The molecule has 7 heteroatoms. The summed E-state index contributed by atoms with van der Waals surface area (Å²) in [6, 6.07) is 22.1. The third-order valence-electron chi connectivity index (χ3n) is 6.40. The molecule has 0 bridgehead atoms. The first kappa shape index (κ1) is 23.6. The van der Waals surface area contributed by atoms with Gasteiger partial charge in [-0.3, -0.25) is 0 Å². The second-order valence-electron chi connectivity index (χ2n) is 8.65. The molecular weight excluding hydrogens is 454 g/mol. The molecule has 0 spiro atoms. The van der Waals surface area contributed by atoms with Gasteiger partial charge < -0.3 is 24.3 Å². The van der Waals surface area contributed by atoms with E-state index in [1.807, 2.05) is 59.3 Å². The third-order valence-corrected chi connectivity index (χ3v) is 6.40. The van der Waals surface area contributed by atoms with Gasteiger partial charge in [0.25, 0.3) is 0 Å². The minimum absolute atomic E-state index is 0.532. The Morgan fingerprint density at radius 1 is 0.861 bits per heavy atom. The van der Waals surface area contributed by atoms with Crippen molar-refractivity contribution in [1.29, 1.82) is 0 Å². The standard InChI is InChI=1S/C29H31N3O4/c1-33-25-17-21(18-26(34-2)28(25)35-3)27-24-11-7-8-16-30-29(24)32(31-27)22-12-14-23(15-13-22)36-19-20-9-5-4-6-10-20/h4-6,9-10,12-15,17-18,30H,7-8,11,16,19H2,1-3H3. The fraction of sp³-hybridized carbons (Fsp3) is 0.276. The lowest BCUT2D eigenvalue weighted by Crippen LogP contribution is -2.07. The number of fused-ring (bicyclic) bond motifs is 1. The van der Waals surface area contributed by atoms with E-state index < -0.39 is 0 Å². The molecule has 0 aliphatic carbocycles. The van der Waals surface area contributed by atoms with Gasteiger partial charge in [0.05, 0.1) is 32.7 Å². The maximum atomic E-state index is 5.98. The highest BCUT2D eigenvalue weighted by atomic mass is 16.5. The van der Waals surface area contributed by atoms with Gasteiger partial charge >= 0.3 is 0 Å². The van der Waals surface area contributed by atoms with Crippen molar-refractivity contribution in [3.05, 3.63) is 77.9 Å². The maximum Gasteiger partial charge on any atom is 0.203 e. The monoisotopic (exact) mass is 485 g/mol. The van der Waals surface area contributed by atoms with E-state index in [1.165, 1.54) is 5.56 Å². The lowest BCUT2D eigenvalue weighted by atomic mass is 10.0. The fourth-order valence-electron chi connectivity index (χ4n) is 4.56. The molecule has 4 aromatic rings. The first-order chi connectivity index (χ1) is 17.7. The number of hydrogen-bond donors (Lipinski definition) is 1. The van der Waals surface area contributed by atoms with E-state index >= 15 is 0 Å². The number of anilines is 1. The molecule has 1 N–H and O–H groups in total. The highest BCUT2D eigenvalue weighted by Gasteiger charge is 2.24. The summed E-state index contributed by atoms with van der Waals surface area (Å²) in [5, 5.41) is 8.67. The van der Waals surface area contributed by atoms with Crippen molar-refractivity contribution in [3.63, 3.8) is 0 Å². The first-order valence-corrected chi connectivity index (χ1v) is 12.1. The van der Waals surface area contributed by atoms with Gasteiger partial charge in [-0.1, -0.05) is 30.3 Å². The molecule has 7 nitrogen and oxygen atoms in total. The summed E-state index contributed by atoms with van der Waals surface area (Å²) in [5.74, 6) is 3.62. The average Bonchev–Trinajstić information content (AvgIpc) is 3.12. The van der Waals surface area contributed by atoms with Crippen LogP contribution in [0.25, 0.3) is 16.9 Å². The van der Waals surface area contributed by atoms with Crippen LogP contribution >= 0.6 is 0 Å². The van der Waals surface area contributed by atoms with E-state index in [1.54, 1.807) is 21.3 Å². The third kappa shape index (κ3) is 4.69. The molecule has 36 heavy (non-hydrogen) atoms. The van der Waals surface area contributed by atoms with E-state index in [0.717, 1.165) is 59.9 Å². The predicted octanol–water partition coefficient (Wildman–Crippen LogP) is 5.89. The first-order valence-electron chi connectivity index (χ1n) is 12.1. The van der Waals surface area contributed by atoms with E-state index in [-0.39, 0.29) is 0 Å². The Morgan fingerprint density at radius 3 is 2.25 bits per heavy atom. The second kappa shape index (κ2) is 10.6. The average molecular weight is 486 g/mol. The Morgan fingerprint density at radius 2 is 1.58 bits per heavy atom. The minimum atomic E-state index is 0.532. The predicted molar refractivity (Wildman–Crippen MR) is 141 cm³/mol. The molecule has 0 fully saturated rings. The quantitative estimate of drug-likeness (QED) is 0.336. The summed E-state index contributed by atoms with van der Waals surface area (Å²) in [7, 11) is 4.87. The summed E-state index contributed by atoms with van der Waals surface area (Å²) < 4.78 is 24.7. The second-order valence-corrected chi connectivity index (χ2v) is 8.65. The van der Waals surface area contributed by atoms with Crippen LogP contribution in [-0.4, -0.2) is 37.7 Å². The summed E-state index contributed by atoms with van der Waals surface area (Å²) in [5.41, 5.74) is 5.12. The van der Waals surface area contributed by atoms with Gasteiger partial charge in [-0.15, -0.1) is 0 Å². The lowest BCUT2D eigenvalue weighted by molar-refractivity contribution is 0.306. The molecule has 0 saturated carbocycles. The number of methoxy groups -OCH3 is 3. The Labute approximate surface area is 211 Å². The van der Waals surface area contributed by atoms with E-state index in [2.05, 4.69) is 17.4 Å². The van der Waals surface area contributed by atoms with Crippen molar-refractivity contribution in [3.8, 4) is 39.9 Å². The van der Waals surface area contributed by atoms with Gasteiger partial charge in [-0.25, -0.2) is 4.68 Å². The van der Waals surface area contributed by atoms with Crippen molar-refractivity contribution >= 4 is 5.82 Å². The smallest absolute Gasteiger partial charge is 0.203 e. The van der Waals surface area contributed by atoms with Crippen LogP contribution in [-0.2, 0) is 13.0 Å². The summed E-state index contributed by atoms with van der Waals surface area (Å²) in [6.07, 6.45) is 3.14. The number of benzene rings is 3. The van der Waals surface area contributed by atoms with Crippen molar-refractivity contribution in [2.75, 3.05) is 33.2 Å². The van der Waals surface area contributed by atoms with Crippen molar-refractivity contribution < 1.29 is 18.9 Å². The Kier molecular flexibility index (Phi) is 6.98. The molecule has 0 unspecified atom stereocenters. The number of ether oxygens (including phenoxy) is 4. The molecule has 0 amide bonds. The maximum absolute atomic E-state index is 5.98. The topological polar surface area (TPSA) is 66.8 Å². The molecule has 5 rings (SSSR count). The van der Waals surface area contributed by atoms with Crippen molar-refractivity contribution in [2.24, 2.45) is 0 Å². The fourth-order valence-corrected chi connectivity index (χ4v) is 4.56. The molecule has 186 valence electrons. The Hall–Kier alpha value is -4.13. The summed E-state index contributed by atoms with van der Waals surface area (Å²) >= 11 is 0. The van der Waals surface area contributed by atoms with E-state index in [4.69, 9.17) is 24.0 Å². The molecule has 3 aromatic carbocycles. The van der Waals surface area contributed by atoms with Gasteiger partial charge in [-0.2, -0.15) is 5.10 Å². The molecule has 0 saturated heterocycles. The van der Waals surface area contributed by atoms with Crippen LogP contribution in [0.3, 0.4) is 0 Å². The molecule has 1 aliphatic heterocycles. The molecular formula is C29H31N3O4. The lowest BCUT2D eigenvalue weighted by Gasteiger charge is -2.14. The SMILES string of the molecule is COc1cc(-c2nn(-c3ccc(OCc4ccccc4)cc3)c3c2CCCCN3)cc(OC)c1OC. The minimum Gasteiger partial charge on any atom is -0.493 e. The van der Waals surface area contributed by atoms with Crippen molar-refractivity contribution in [1.82, 2.24) is 9.78 Å². The zero-order valence-electron chi connectivity index (χ0n) is 20.9. The largest absolute Gasteiger partial charge is 0.493 e. The van der Waals surface area contributed by atoms with Crippen LogP contribution in [0.1, 0.15) is 24.0 Å². The van der Waals surface area contributed by atoms with Gasteiger partial charge in [0.15, 0.2) is 11.5 Å². The van der Waals surface area contributed by atoms with E-state index in [0.29, 0.717) is 23.9 Å². The number of aromatic nitrogens is 2. The van der Waals surface area contributed by atoms with Gasteiger partial charge in [-0.05, 0) is 61.2 Å². The summed E-state index contributed by atoms with van der Waals surface area (Å²) in [6.45, 7) is 1.44. The highest BCUT2D eigenvalue weighted by molar-refractivity contribution is 5.75. The van der Waals surface area contributed by atoms with Crippen LogP contribution in [0.5, 0.6) is 23.0 Å². The number of hydrogen-bond acceptors (Lipinski definition) is 6. The molecule has 0 radical (unpaired) electrons. The zero-order valence-corrected chi connectivity index (χ0v) is 20.9. The Bertz CT molecular complexity index is 1290. The van der Waals surface area contributed by atoms with Crippen molar-refractivity contribution in [2.45, 2.75) is 25.9 Å². The van der Waals surface area contributed by atoms with Crippen LogP contribution in [0.4, 0.5) is 5.82 Å². The van der Waals surface area contributed by atoms with Crippen LogP contribution in [0.2, 0.25) is 0 Å². The normalized spacial score (nSPS) is 12.8. The Balaban J connectivity index is 1.50. The van der Waals surface area contributed by atoms with E-state index in [9.17, 15) is 0 Å². The zero-order chi connectivity index (χ0) is 24.9. The van der Waals surface area contributed by atoms with Crippen LogP contribution < -0.4 is 24.3 Å².